The van der Waals surface area contributed by atoms with Gasteiger partial charge in [0.05, 0.1) is 0 Å². The lowest BCUT2D eigenvalue weighted by Gasteiger charge is -2.08. The maximum atomic E-state index is 5.33. The van der Waals surface area contributed by atoms with Crippen LogP contribution in [0.25, 0.3) is 22.0 Å². The molecule has 32 heavy (non-hydrogen) atoms. The predicted octanol–water partition coefficient (Wildman–Crippen LogP) is 8.22. The van der Waals surface area contributed by atoms with E-state index in [2.05, 4.69) is 87.3 Å². The molecule has 1 heteroatoms. The molecular formula is C31H31N. The highest BCUT2D eigenvalue weighted by Gasteiger charge is 2.16. The molecule has 0 fully saturated rings. The summed E-state index contributed by atoms with van der Waals surface area (Å²) in [6.45, 7) is 16.4. The van der Waals surface area contributed by atoms with Crippen molar-refractivity contribution in [1.82, 2.24) is 4.98 Å². The summed E-state index contributed by atoms with van der Waals surface area (Å²) in [6.07, 6.45) is 14.0. The number of aromatic amines is 1. The topological polar surface area (TPSA) is 15.8 Å². The molecule has 1 nitrogen and oxygen atoms in total. The van der Waals surface area contributed by atoms with Gasteiger partial charge in [-0.1, -0.05) is 61.0 Å². The number of aromatic nitrogens is 1. The fourth-order valence-electron chi connectivity index (χ4n) is 4.15. The minimum atomic E-state index is 0.893. The Hall–Kier alpha value is -3.76. The van der Waals surface area contributed by atoms with Crippen LogP contribution in [0.5, 0.6) is 0 Å². The highest BCUT2D eigenvalue weighted by atomic mass is 14.7. The van der Waals surface area contributed by atoms with Gasteiger partial charge in [0.2, 0.25) is 0 Å². The predicted molar refractivity (Wildman–Crippen MR) is 141 cm³/mol. The second-order valence-electron chi connectivity index (χ2n) is 8.26. The largest absolute Gasteiger partial charge is 0.361 e. The van der Waals surface area contributed by atoms with Crippen molar-refractivity contribution in [2.75, 3.05) is 0 Å². The number of allylic oxidation sites excluding steroid dienone is 8. The Labute approximate surface area is 192 Å². The van der Waals surface area contributed by atoms with Gasteiger partial charge in [0.1, 0.15) is 0 Å². The number of rotatable bonds is 3. The lowest BCUT2D eigenvalue weighted by atomic mass is 9.96. The molecule has 160 valence electrons. The fraction of sp³-hybridized carbons (Fsp3) is 0.161. The Bertz CT molecular complexity index is 1310. The van der Waals surface area contributed by atoms with E-state index >= 15 is 0 Å². The summed E-state index contributed by atoms with van der Waals surface area (Å²) in [5.74, 6) is 2.56. The monoisotopic (exact) mass is 417 g/mol. The summed E-state index contributed by atoms with van der Waals surface area (Å²) in [6, 6.07) is 15.0. The average molecular weight is 418 g/mol. The van der Waals surface area contributed by atoms with E-state index in [-0.39, 0.29) is 0 Å². The van der Waals surface area contributed by atoms with Crippen LogP contribution in [0.3, 0.4) is 0 Å². The standard InChI is InChI=1S/C19H18.C12H13N/c1-5-7-10-16-13-17-11-8-9-12-19(17)15(4)14(3)18(16)6-2;1-8(2)11-7-13-12-5-4-9(3)6-10(11)12/h1,6-12H,2,13H2,3-4H3;4-7,13H,1H2,2-3H3/b10-7-;. The van der Waals surface area contributed by atoms with Crippen LogP contribution in [0.2, 0.25) is 0 Å². The molecule has 0 aliphatic heterocycles. The number of nitrogens with one attached hydrogen (secondary N) is 1. The molecule has 0 saturated carbocycles. The van der Waals surface area contributed by atoms with Crippen molar-refractivity contribution in [1.29, 1.82) is 0 Å². The van der Waals surface area contributed by atoms with Crippen molar-refractivity contribution in [2.24, 2.45) is 0 Å². The zero-order valence-corrected chi connectivity index (χ0v) is 19.5. The fourth-order valence-corrected chi connectivity index (χ4v) is 4.15. The molecule has 1 heterocycles. The first-order valence-electron chi connectivity index (χ1n) is 10.8. The van der Waals surface area contributed by atoms with Crippen molar-refractivity contribution < 1.29 is 0 Å². The number of benzene rings is 2. The number of H-pyrrole nitrogens is 1. The normalized spacial score (nSPS) is 13.3. The van der Waals surface area contributed by atoms with Gasteiger partial charge in [-0.3, -0.25) is 0 Å². The average Bonchev–Trinajstić information content (AvgIpc) is 3.17. The SMILES string of the molecule is C#C/C=C\C1=C(C=C)C(C)=C(C)c2ccccc2C1.C=C(C)c1c[nH]c2ccc(C)cc12. The molecule has 1 N–H and O–H groups in total. The molecule has 0 saturated heterocycles. The smallest absolute Gasteiger partial charge is 0.0460 e. The number of hydrogen-bond donors (Lipinski definition) is 1. The van der Waals surface area contributed by atoms with Gasteiger partial charge < -0.3 is 4.98 Å². The van der Waals surface area contributed by atoms with Crippen LogP contribution < -0.4 is 0 Å². The van der Waals surface area contributed by atoms with Crippen molar-refractivity contribution in [3.8, 4) is 12.3 Å². The Kier molecular flexibility index (Phi) is 7.18. The molecule has 0 radical (unpaired) electrons. The second-order valence-corrected chi connectivity index (χ2v) is 8.26. The third-order valence-corrected chi connectivity index (χ3v) is 6.00. The maximum Gasteiger partial charge on any atom is 0.0460 e. The quantitative estimate of drug-likeness (QED) is 0.413. The minimum absolute atomic E-state index is 0.893. The van der Waals surface area contributed by atoms with Crippen LogP contribution in [-0.4, -0.2) is 4.98 Å². The van der Waals surface area contributed by atoms with Crippen LogP contribution in [0.1, 0.15) is 43.0 Å². The van der Waals surface area contributed by atoms with E-state index in [0.717, 1.165) is 12.0 Å². The molecule has 1 aromatic heterocycles. The molecule has 3 aromatic rings. The lowest BCUT2D eigenvalue weighted by Crippen LogP contribution is -1.92. The summed E-state index contributed by atoms with van der Waals surface area (Å²) in [4.78, 5) is 3.24. The molecule has 0 bridgehead atoms. The third kappa shape index (κ3) is 4.76. The van der Waals surface area contributed by atoms with E-state index in [1.807, 2.05) is 25.3 Å². The molecular weight excluding hydrogens is 386 g/mol. The van der Waals surface area contributed by atoms with Gasteiger partial charge in [-0.15, -0.1) is 6.42 Å². The number of aryl methyl sites for hydroxylation is 1. The lowest BCUT2D eigenvalue weighted by molar-refractivity contribution is 1.17. The number of fused-ring (bicyclic) bond motifs is 2. The van der Waals surface area contributed by atoms with Crippen LogP contribution in [0.4, 0.5) is 0 Å². The van der Waals surface area contributed by atoms with Crippen LogP contribution in [-0.2, 0) is 6.42 Å². The third-order valence-electron chi connectivity index (χ3n) is 6.00. The first-order chi connectivity index (χ1) is 15.4. The van der Waals surface area contributed by atoms with Crippen LogP contribution in [0.15, 0.2) is 96.8 Å². The summed E-state index contributed by atoms with van der Waals surface area (Å²) in [5.41, 5.74) is 12.5. The van der Waals surface area contributed by atoms with Gasteiger partial charge in [-0.2, -0.15) is 0 Å². The van der Waals surface area contributed by atoms with Crippen molar-refractivity contribution in [3.05, 3.63) is 119 Å². The second kappa shape index (κ2) is 10.0. The first kappa shape index (κ1) is 22.9. The molecule has 0 spiro atoms. The minimum Gasteiger partial charge on any atom is -0.361 e. The van der Waals surface area contributed by atoms with E-state index in [1.54, 1.807) is 6.08 Å². The first-order valence-corrected chi connectivity index (χ1v) is 10.8. The summed E-state index contributed by atoms with van der Waals surface area (Å²) in [5, 5.41) is 1.27. The van der Waals surface area contributed by atoms with Crippen molar-refractivity contribution >= 4 is 22.0 Å². The zero-order valence-electron chi connectivity index (χ0n) is 19.5. The summed E-state index contributed by atoms with van der Waals surface area (Å²) < 4.78 is 0. The van der Waals surface area contributed by atoms with E-state index < -0.39 is 0 Å². The van der Waals surface area contributed by atoms with Gasteiger partial charge in [0.25, 0.3) is 0 Å². The summed E-state index contributed by atoms with van der Waals surface area (Å²) in [7, 11) is 0. The van der Waals surface area contributed by atoms with Gasteiger partial charge in [0, 0.05) is 22.7 Å². The molecule has 1 aliphatic carbocycles. The van der Waals surface area contributed by atoms with E-state index in [0.29, 0.717) is 0 Å². The van der Waals surface area contributed by atoms with E-state index in [9.17, 15) is 0 Å². The Morgan fingerprint density at radius 1 is 1.09 bits per heavy atom. The Morgan fingerprint density at radius 3 is 2.53 bits per heavy atom. The highest BCUT2D eigenvalue weighted by molar-refractivity contribution is 5.92. The zero-order chi connectivity index (χ0) is 23.3. The molecule has 0 atom stereocenters. The molecule has 2 aromatic carbocycles. The van der Waals surface area contributed by atoms with Crippen LogP contribution >= 0.6 is 0 Å². The molecule has 4 rings (SSSR count). The molecule has 0 amide bonds. The number of terminal acetylenes is 1. The number of hydrogen-bond acceptors (Lipinski definition) is 0. The maximum absolute atomic E-state index is 5.33. The van der Waals surface area contributed by atoms with Gasteiger partial charge >= 0.3 is 0 Å². The molecule has 0 unspecified atom stereocenters. The van der Waals surface area contributed by atoms with Crippen molar-refractivity contribution in [3.63, 3.8) is 0 Å². The Balaban J connectivity index is 0.000000193. The highest BCUT2D eigenvalue weighted by Crippen LogP contribution is 2.34. The van der Waals surface area contributed by atoms with E-state index in [4.69, 9.17) is 6.42 Å². The van der Waals surface area contributed by atoms with Gasteiger partial charge in [-0.05, 0) is 97.4 Å². The van der Waals surface area contributed by atoms with Gasteiger partial charge in [-0.25, -0.2) is 0 Å². The van der Waals surface area contributed by atoms with Crippen LogP contribution in [0, 0.1) is 19.3 Å². The van der Waals surface area contributed by atoms with E-state index in [1.165, 1.54) is 55.4 Å². The Morgan fingerprint density at radius 2 is 1.84 bits per heavy atom. The molecule has 1 aliphatic rings. The van der Waals surface area contributed by atoms with Gasteiger partial charge in [0.15, 0.2) is 0 Å². The van der Waals surface area contributed by atoms with Crippen molar-refractivity contribution in [2.45, 2.75) is 34.1 Å². The summed E-state index contributed by atoms with van der Waals surface area (Å²) >= 11 is 0.